The highest BCUT2D eigenvalue weighted by atomic mass is 35.5. The van der Waals surface area contributed by atoms with E-state index in [0.29, 0.717) is 10.7 Å². The van der Waals surface area contributed by atoms with E-state index in [0.717, 1.165) is 17.6 Å². The quantitative estimate of drug-likeness (QED) is 0.742. The van der Waals surface area contributed by atoms with Gasteiger partial charge in [-0.2, -0.15) is 4.73 Å². The molecule has 0 bridgehead atoms. The molecule has 0 amide bonds. The first-order chi connectivity index (χ1) is 5.65. The Hall–Kier alpha value is -0.670. The lowest BCUT2D eigenvalue weighted by molar-refractivity contribution is 0.160. The Morgan fingerprint density at radius 3 is 2.69 bits per heavy atom. The van der Waals surface area contributed by atoms with Crippen molar-refractivity contribution in [3.05, 3.63) is 28.3 Å². The van der Waals surface area contributed by atoms with Crippen LogP contribution in [0.3, 0.4) is 0 Å². The standard InChI is InChI=1S/C8H11ClN2O.ClH/c1-2-3-7-4-6(9)5-8(10)11(7)12;/h4-5,10,12H,2-3H2,1H3;1H. The molecule has 5 heteroatoms. The molecule has 0 saturated carbocycles. The zero-order valence-corrected chi connectivity index (χ0v) is 8.82. The van der Waals surface area contributed by atoms with Crippen molar-refractivity contribution in [3.8, 4) is 0 Å². The van der Waals surface area contributed by atoms with Crippen molar-refractivity contribution in [1.29, 1.82) is 5.41 Å². The minimum absolute atomic E-state index is 0. The van der Waals surface area contributed by atoms with Crippen LogP contribution < -0.4 is 5.49 Å². The summed E-state index contributed by atoms with van der Waals surface area (Å²) in [5, 5.41) is 17.1. The van der Waals surface area contributed by atoms with Gasteiger partial charge in [0.2, 0.25) is 0 Å². The van der Waals surface area contributed by atoms with Gasteiger partial charge in [-0.1, -0.05) is 24.9 Å². The number of nitrogens with one attached hydrogen (secondary N) is 1. The largest absolute Gasteiger partial charge is 0.427 e. The summed E-state index contributed by atoms with van der Waals surface area (Å²) in [6, 6.07) is 3.07. The highest BCUT2D eigenvalue weighted by molar-refractivity contribution is 6.30. The molecule has 0 aromatic carbocycles. The van der Waals surface area contributed by atoms with E-state index < -0.39 is 0 Å². The van der Waals surface area contributed by atoms with E-state index in [9.17, 15) is 5.21 Å². The Morgan fingerprint density at radius 2 is 2.15 bits per heavy atom. The van der Waals surface area contributed by atoms with Gasteiger partial charge in [-0.15, -0.1) is 12.4 Å². The van der Waals surface area contributed by atoms with Crippen LogP contribution in [0, 0.1) is 5.41 Å². The first-order valence-electron chi connectivity index (χ1n) is 3.80. The molecule has 0 atom stereocenters. The number of aromatic nitrogens is 1. The van der Waals surface area contributed by atoms with Crippen molar-refractivity contribution < 1.29 is 5.21 Å². The Kier molecular flexibility index (Phi) is 4.88. The van der Waals surface area contributed by atoms with Gasteiger partial charge >= 0.3 is 0 Å². The number of aryl methyl sites for hydroxylation is 1. The van der Waals surface area contributed by atoms with E-state index in [2.05, 4.69) is 0 Å². The van der Waals surface area contributed by atoms with E-state index in [1.807, 2.05) is 6.92 Å². The van der Waals surface area contributed by atoms with E-state index in [-0.39, 0.29) is 17.9 Å². The monoisotopic (exact) mass is 222 g/mol. The summed E-state index contributed by atoms with van der Waals surface area (Å²) in [6.07, 6.45) is 1.64. The second-order valence-corrected chi connectivity index (χ2v) is 3.05. The van der Waals surface area contributed by atoms with Crippen LogP contribution in [0.1, 0.15) is 19.0 Å². The Balaban J connectivity index is 0.00000144. The van der Waals surface area contributed by atoms with Crippen molar-refractivity contribution >= 4 is 24.0 Å². The van der Waals surface area contributed by atoms with Gasteiger partial charge in [-0.25, -0.2) is 0 Å². The highest BCUT2D eigenvalue weighted by Gasteiger charge is 2.00. The van der Waals surface area contributed by atoms with Crippen molar-refractivity contribution in [2.24, 2.45) is 0 Å². The van der Waals surface area contributed by atoms with E-state index in [4.69, 9.17) is 17.0 Å². The van der Waals surface area contributed by atoms with Gasteiger partial charge in [-0.05, 0) is 12.5 Å². The molecule has 0 saturated heterocycles. The topological polar surface area (TPSA) is 49.0 Å². The Bertz CT molecular complexity index is 335. The van der Waals surface area contributed by atoms with Gasteiger partial charge in [0.25, 0.3) is 0 Å². The average molecular weight is 223 g/mol. The fraction of sp³-hybridized carbons (Fsp3) is 0.375. The van der Waals surface area contributed by atoms with Crippen molar-refractivity contribution in [1.82, 2.24) is 4.73 Å². The molecule has 1 heterocycles. The van der Waals surface area contributed by atoms with Crippen LogP contribution in [0.25, 0.3) is 0 Å². The number of hydrogen-bond acceptors (Lipinski definition) is 2. The predicted octanol–water partition coefficient (Wildman–Crippen LogP) is 2.23. The maximum atomic E-state index is 9.32. The first-order valence-corrected chi connectivity index (χ1v) is 4.18. The van der Waals surface area contributed by atoms with E-state index in [1.165, 1.54) is 6.07 Å². The van der Waals surface area contributed by atoms with Gasteiger partial charge in [-0.3, -0.25) is 5.41 Å². The summed E-state index contributed by atoms with van der Waals surface area (Å²) in [7, 11) is 0. The molecule has 0 spiro atoms. The molecule has 0 unspecified atom stereocenters. The number of halogens is 2. The lowest BCUT2D eigenvalue weighted by Crippen LogP contribution is -2.20. The van der Waals surface area contributed by atoms with Crippen LogP contribution in [0.15, 0.2) is 12.1 Å². The molecule has 0 fully saturated rings. The third-order valence-electron chi connectivity index (χ3n) is 1.59. The van der Waals surface area contributed by atoms with Crippen molar-refractivity contribution in [3.63, 3.8) is 0 Å². The average Bonchev–Trinajstić information content (AvgIpc) is 2.00. The summed E-state index contributed by atoms with van der Waals surface area (Å²) in [4.78, 5) is 0. The molecule has 74 valence electrons. The van der Waals surface area contributed by atoms with Crippen LogP contribution in [-0.4, -0.2) is 9.94 Å². The summed E-state index contributed by atoms with van der Waals surface area (Å²) < 4.78 is 0.857. The summed E-state index contributed by atoms with van der Waals surface area (Å²) >= 11 is 5.71. The molecule has 0 radical (unpaired) electrons. The van der Waals surface area contributed by atoms with Crippen LogP contribution in [0.2, 0.25) is 5.02 Å². The Morgan fingerprint density at radius 1 is 1.54 bits per heavy atom. The number of rotatable bonds is 2. The van der Waals surface area contributed by atoms with Crippen LogP contribution in [-0.2, 0) is 6.42 Å². The minimum Gasteiger partial charge on any atom is -0.427 e. The summed E-state index contributed by atoms with van der Waals surface area (Å²) in [5.41, 5.74) is 0.695. The van der Waals surface area contributed by atoms with Crippen LogP contribution in [0.4, 0.5) is 0 Å². The number of nitrogens with zero attached hydrogens (tertiary/aromatic N) is 1. The van der Waals surface area contributed by atoms with Gasteiger partial charge in [0, 0.05) is 11.1 Å². The number of hydrogen-bond donors (Lipinski definition) is 2. The van der Waals surface area contributed by atoms with Crippen LogP contribution in [0.5, 0.6) is 0 Å². The second kappa shape index (κ2) is 5.14. The van der Waals surface area contributed by atoms with Crippen LogP contribution >= 0.6 is 24.0 Å². The molecular formula is C8H12Cl2N2O. The zero-order valence-electron chi connectivity index (χ0n) is 7.25. The van der Waals surface area contributed by atoms with Gasteiger partial charge in [0.1, 0.15) is 0 Å². The third kappa shape index (κ3) is 2.94. The fourth-order valence-corrected chi connectivity index (χ4v) is 1.27. The van der Waals surface area contributed by atoms with Crippen molar-refractivity contribution in [2.45, 2.75) is 19.8 Å². The molecule has 0 aliphatic rings. The molecule has 1 aromatic heterocycles. The maximum Gasteiger partial charge on any atom is 0.162 e. The number of pyridine rings is 1. The smallest absolute Gasteiger partial charge is 0.162 e. The molecule has 3 nitrogen and oxygen atoms in total. The van der Waals surface area contributed by atoms with E-state index >= 15 is 0 Å². The predicted molar refractivity (Wildman–Crippen MR) is 53.7 cm³/mol. The summed E-state index contributed by atoms with van der Waals surface area (Å²) in [5.74, 6) is 0. The lowest BCUT2D eigenvalue weighted by Gasteiger charge is -2.05. The Labute approximate surface area is 87.8 Å². The zero-order chi connectivity index (χ0) is 9.14. The minimum atomic E-state index is 0. The molecule has 2 N–H and O–H groups in total. The first kappa shape index (κ1) is 12.3. The van der Waals surface area contributed by atoms with Crippen molar-refractivity contribution in [2.75, 3.05) is 0 Å². The molecule has 0 aliphatic heterocycles. The lowest BCUT2D eigenvalue weighted by atomic mass is 10.2. The highest BCUT2D eigenvalue weighted by Crippen LogP contribution is 2.08. The maximum absolute atomic E-state index is 9.32. The molecular weight excluding hydrogens is 211 g/mol. The second-order valence-electron chi connectivity index (χ2n) is 2.61. The fourth-order valence-electron chi connectivity index (χ4n) is 1.04. The third-order valence-corrected chi connectivity index (χ3v) is 1.80. The van der Waals surface area contributed by atoms with E-state index in [1.54, 1.807) is 6.07 Å². The normalized spacial score (nSPS) is 9.38. The SMILES string of the molecule is CCCc1cc(Cl)cc(=N)n1O.Cl. The molecule has 1 aromatic rings. The van der Waals surface area contributed by atoms with Gasteiger partial charge in [0.05, 0.1) is 5.69 Å². The molecule has 0 aliphatic carbocycles. The molecule has 13 heavy (non-hydrogen) atoms. The van der Waals surface area contributed by atoms with Gasteiger partial charge < -0.3 is 5.21 Å². The van der Waals surface area contributed by atoms with Gasteiger partial charge in [0.15, 0.2) is 5.49 Å². The summed E-state index contributed by atoms with van der Waals surface area (Å²) in [6.45, 7) is 2.00. The molecule has 1 rings (SSSR count).